The number of ether oxygens (including phenoxy) is 1. The maximum atomic E-state index is 12.2. The van der Waals surface area contributed by atoms with Gasteiger partial charge in [0.25, 0.3) is 0 Å². The lowest BCUT2D eigenvalue weighted by molar-refractivity contribution is -0.133. The molecule has 0 aliphatic carbocycles. The monoisotopic (exact) mass is 262 g/mol. The Kier molecular flexibility index (Phi) is 5.70. The topological polar surface area (TPSA) is 55.6 Å². The highest BCUT2D eigenvalue weighted by molar-refractivity contribution is 5.85. The summed E-state index contributed by atoms with van der Waals surface area (Å²) in [6.07, 6.45) is 2.97. The summed E-state index contributed by atoms with van der Waals surface area (Å²) in [5, 5.41) is 0. The Bertz CT molecular complexity index is 257. The largest absolute Gasteiger partial charge is 0.381 e. The molecule has 0 radical (unpaired) electrons. The van der Waals surface area contributed by atoms with Crippen molar-refractivity contribution in [3.63, 3.8) is 0 Å². The van der Waals surface area contributed by atoms with Gasteiger partial charge in [0.1, 0.15) is 0 Å². The van der Waals surface area contributed by atoms with Crippen molar-refractivity contribution in [1.29, 1.82) is 0 Å². The van der Waals surface area contributed by atoms with Crippen LogP contribution in [0, 0.1) is 11.8 Å². The third-order valence-corrected chi connectivity index (χ3v) is 3.79. The van der Waals surface area contributed by atoms with Gasteiger partial charge in [0.2, 0.25) is 5.91 Å². The van der Waals surface area contributed by atoms with E-state index in [4.69, 9.17) is 10.5 Å². The summed E-state index contributed by atoms with van der Waals surface area (Å²) in [6, 6.07) is -0.311. The Balaban J connectivity index is 0.00000144. The smallest absolute Gasteiger partial charge is 0.239 e. The number of carbonyl (C=O) groups excluding carboxylic acids is 1. The average molecular weight is 263 g/mol. The van der Waals surface area contributed by atoms with E-state index in [2.05, 4.69) is 6.92 Å². The molecule has 0 aromatic heterocycles. The van der Waals surface area contributed by atoms with Crippen LogP contribution >= 0.6 is 12.4 Å². The molecule has 2 fully saturated rings. The molecule has 2 saturated heterocycles. The molecule has 0 saturated carbocycles. The van der Waals surface area contributed by atoms with Crippen molar-refractivity contribution in [2.24, 2.45) is 17.6 Å². The molecule has 2 aliphatic rings. The van der Waals surface area contributed by atoms with Gasteiger partial charge in [-0.25, -0.2) is 0 Å². The van der Waals surface area contributed by atoms with Crippen molar-refractivity contribution in [3.8, 4) is 0 Å². The minimum atomic E-state index is -0.311. The van der Waals surface area contributed by atoms with Gasteiger partial charge in [-0.2, -0.15) is 0 Å². The molecule has 1 amide bonds. The van der Waals surface area contributed by atoms with E-state index in [1.165, 1.54) is 0 Å². The van der Waals surface area contributed by atoms with E-state index in [-0.39, 0.29) is 24.4 Å². The summed E-state index contributed by atoms with van der Waals surface area (Å²) < 4.78 is 5.29. The van der Waals surface area contributed by atoms with Crippen LogP contribution in [-0.4, -0.2) is 43.2 Å². The van der Waals surface area contributed by atoms with E-state index in [1.54, 1.807) is 0 Å². The highest BCUT2D eigenvalue weighted by Crippen LogP contribution is 2.22. The Morgan fingerprint density at radius 3 is 2.53 bits per heavy atom. The lowest BCUT2D eigenvalue weighted by Gasteiger charge is -2.29. The zero-order valence-corrected chi connectivity index (χ0v) is 11.2. The second-order valence-corrected chi connectivity index (χ2v) is 5.15. The first-order chi connectivity index (χ1) is 7.68. The van der Waals surface area contributed by atoms with Gasteiger partial charge in [-0.1, -0.05) is 6.92 Å². The van der Waals surface area contributed by atoms with Crippen molar-refractivity contribution in [1.82, 2.24) is 4.90 Å². The maximum Gasteiger partial charge on any atom is 0.239 e. The molecule has 0 bridgehead atoms. The molecule has 17 heavy (non-hydrogen) atoms. The number of nitrogens with zero attached hydrogens (tertiary/aromatic N) is 1. The molecule has 4 nitrogen and oxygen atoms in total. The summed E-state index contributed by atoms with van der Waals surface area (Å²) >= 11 is 0. The van der Waals surface area contributed by atoms with E-state index in [9.17, 15) is 4.79 Å². The number of likely N-dealkylation sites (tertiary alicyclic amines) is 1. The van der Waals surface area contributed by atoms with Crippen LogP contribution in [0.5, 0.6) is 0 Å². The van der Waals surface area contributed by atoms with Gasteiger partial charge in [0.05, 0.1) is 6.04 Å². The maximum absolute atomic E-state index is 12.2. The third-order valence-electron chi connectivity index (χ3n) is 3.79. The van der Waals surface area contributed by atoms with E-state index in [0.717, 1.165) is 45.6 Å². The molecule has 2 atom stereocenters. The third kappa shape index (κ3) is 3.57. The summed E-state index contributed by atoms with van der Waals surface area (Å²) in [5.41, 5.74) is 6.07. The Labute approximate surface area is 109 Å². The number of rotatable bonds is 2. The molecule has 0 spiro atoms. The number of amides is 1. The first-order valence-electron chi connectivity index (χ1n) is 6.30. The van der Waals surface area contributed by atoms with Crippen LogP contribution in [0.2, 0.25) is 0 Å². The Morgan fingerprint density at radius 2 is 2.00 bits per heavy atom. The average Bonchev–Trinajstić information content (AvgIpc) is 2.75. The van der Waals surface area contributed by atoms with Crippen molar-refractivity contribution in [2.75, 3.05) is 26.3 Å². The molecule has 100 valence electrons. The highest BCUT2D eigenvalue weighted by Gasteiger charge is 2.32. The number of carbonyl (C=O) groups is 1. The summed E-state index contributed by atoms with van der Waals surface area (Å²) in [4.78, 5) is 14.1. The fourth-order valence-corrected chi connectivity index (χ4v) is 2.62. The minimum absolute atomic E-state index is 0. The Morgan fingerprint density at radius 1 is 1.35 bits per heavy atom. The standard InChI is InChI=1S/C12H22N2O2.ClH/c1-9-2-5-14(8-9)12(15)11(13)10-3-6-16-7-4-10;/h9-11H,2-8,13H2,1H3;1H. The van der Waals surface area contributed by atoms with Crippen LogP contribution in [0.4, 0.5) is 0 Å². The number of hydrogen-bond donors (Lipinski definition) is 1. The molecule has 5 heteroatoms. The molecule has 2 heterocycles. The molecule has 2 aliphatic heterocycles. The lowest BCUT2D eigenvalue weighted by Crippen LogP contribution is -2.48. The quantitative estimate of drug-likeness (QED) is 0.809. The van der Waals surface area contributed by atoms with Crippen LogP contribution < -0.4 is 5.73 Å². The van der Waals surface area contributed by atoms with Crippen LogP contribution in [0.25, 0.3) is 0 Å². The number of hydrogen-bond acceptors (Lipinski definition) is 3. The predicted octanol–water partition coefficient (Wildman–Crippen LogP) is 1.03. The predicted molar refractivity (Wildman–Crippen MR) is 69.1 cm³/mol. The van der Waals surface area contributed by atoms with Crippen LogP contribution in [0.1, 0.15) is 26.2 Å². The second kappa shape index (κ2) is 6.57. The van der Waals surface area contributed by atoms with Gasteiger partial charge in [0, 0.05) is 26.3 Å². The van der Waals surface area contributed by atoms with Gasteiger partial charge in [-0.15, -0.1) is 12.4 Å². The molecular weight excluding hydrogens is 240 g/mol. The van der Waals surface area contributed by atoms with Gasteiger partial charge in [0.15, 0.2) is 0 Å². The second-order valence-electron chi connectivity index (χ2n) is 5.15. The van der Waals surface area contributed by atoms with Crippen molar-refractivity contribution in [2.45, 2.75) is 32.2 Å². The zero-order valence-electron chi connectivity index (χ0n) is 10.4. The SMILES string of the molecule is CC1CCN(C(=O)C(N)C2CCOCC2)C1.Cl. The molecule has 0 aromatic carbocycles. The van der Waals surface area contributed by atoms with Gasteiger partial charge in [-0.3, -0.25) is 4.79 Å². The van der Waals surface area contributed by atoms with Crippen LogP contribution in [0.15, 0.2) is 0 Å². The minimum Gasteiger partial charge on any atom is -0.381 e. The zero-order chi connectivity index (χ0) is 11.5. The van der Waals surface area contributed by atoms with E-state index in [1.807, 2.05) is 4.90 Å². The normalized spacial score (nSPS) is 27.6. The van der Waals surface area contributed by atoms with Crippen LogP contribution in [-0.2, 0) is 9.53 Å². The van der Waals surface area contributed by atoms with E-state index in [0.29, 0.717) is 11.8 Å². The van der Waals surface area contributed by atoms with E-state index >= 15 is 0 Å². The highest BCUT2D eigenvalue weighted by atomic mass is 35.5. The van der Waals surface area contributed by atoms with Gasteiger partial charge < -0.3 is 15.4 Å². The molecule has 2 N–H and O–H groups in total. The van der Waals surface area contributed by atoms with Crippen molar-refractivity contribution < 1.29 is 9.53 Å². The molecule has 2 unspecified atom stereocenters. The summed E-state index contributed by atoms with van der Waals surface area (Å²) in [6.45, 7) is 5.46. The fourth-order valence-electron chi connectivity index (χ4n) is 2.62. The molecule has 0 aromatic rings. The van der Waals surface area contributed by atoms with Crippen molar-refractivity contribution >= 4 is 18.3 Å². The summed E-state index contributed by atoms with van der Waals surface area (Å²) in [7, 11) is 0. The van der Waals surface area contributed by atoms with Crippen LogP contribution in [0.3, 0.4) is 0 Å². The van der Waals surface area contributed by atoms with E-state index < -0.39 is 0 Å². The Hall–Kier alpha value is -0.320. The van der Waals surface area contributed by atoms with Gasteiger partial charge >= 0.3 is 0 Å². The molecular formula is C12H23ClN2O2. The lowest BCUT2D eigenvalue weighted by atomic mass is 9.91. The first kappa shape index (κ1) is 14.7. The van der Waals surface area contributed by atoms with Gasteiger partial charge in [-0.05, 0) is 31.1 Å². The number of nitrogens with two attached hydrogens (primary N) is 1. The number of halogens is 1. The fraction of sp³-hybridized carbons (Fsp3) is 0.917. The summed E-state index contributed by atoms with van der Waals surface area (Å²) in [5.74, 6) is 1.10. The first-order valence-corrected chi connectivity index (χ1v) is 6.30. The molecule has 2 rings (SSSR count). The van der Waals surface area contributed by atoms with Crippen molar-refractivity contribution in [3.05, 3.63) is 0 Å².